The first kappa shape index (κ1) is 9.71. The molecule has 1 aromatic carbocycles. The number of rotatable bonds is 2. The van der Waals surface area contributed by atoms with Crippen LogP contribution in [0.4, 0.5) is 4.39 Å². The van der Waals surface area contributed by atoms with E-state index < -0.39 is 0 Å². The topological polar surface area (TPSA) is 37.9 Å². The largest absolute Gasteiger partial charge is 0.496 e. The molecular weight excluding hydrogens is 195 g/mol. The first-order valence-corrected chi connectivity index (χ1v) is 4.56. The van der Waals surface area contributed by atoms with Crippen molar-refractivity contribution in [3.63, 3.8) is 0 Å². The highest BCUT2D eigenvalue weighted by Crippen LogP contribution is 2.29. The van der Waals surface area contributed by atoms with Crippen molar-refractivity contribution in [2.24, 2.45) is 0 Å². The third kappa shape index (κ3) is 1.83. The summed E-state index contributed by atoms with van der Waals surface area (Å²) in [5.41, 5.74) is 2.27. The molecule has 1 heterocycles. The Balaban J connectivity index is 2.55. The average Bonchev–Trinajstić information content (AvgIpc) is 2.65. The van der Waals surface area contributed by atoms with Gasteiger partial charge in [-0.15, -0.1) is 0 Å². The number of nitrogens with one attached hydrogen (secondary N) is 1. The van der Waals surface area contributed by atoms with Crippen LogP contribution < -0.4 is 4.74 Å². The molecule has 0 aliphatic rings. The lowest BCUT2D eigenvalue weighted by Gasteiger charge is -2.05. The fourth-order valence-corrected chi connectivity index (χ4v) is 1.44. The van der Waals surface area contributed by atoms with Gasteiger partial charge in [0.25, 0.3) is 0 Å². The van der Waals surface area contributed by atoms with Gasteiger partial charge in [-0.25, -0.2) is 4.39 Å². The monoisotopic (exact) mass is 206 g/mol. The van der Waals surface area contributed by atoms with Crippen LogP contribution in [-0.2, 0) is 0 Å². The maximum Gasteiger partial charge on any atom is 0.128 e. The molecule has 2 aromatic rings. The minimum absolute atomic E-state index is 0.300. The van der Waals surface area contributed by atoms with Crippen molar-refractivity contribution in [2.45, 2.75) is 6.92 Å². The lowest BCUT2D eigenvalue weighted by atomic mass is 10.1. The number of hydrogen-bond donors (Lipinski definition) is 1. The normalized spacial score (nSPS) is 10.3. The van der Waals surface area contributed by atoms with Crippen molar-refractivity contribution in [1.29, 1.82) is 0 Å². The van der Waals surface area contributed by atoms with Crippen LogP contribution in [-0.4, -0.2) is 17.3 Å². The molecule has 0 unspecified atom stereocenters. The molecule has 4 heteroatoms. The Labute approximate surface area is 86.9 Å². The molecule has 0 saturated carbocycles. The van der Waals surface area contributed by atoms with Crippen LogP contribution >= 0.6 is 0 Å². The Hall–Kier alpha value is -1.84. The van der Waals surface area contributed by atoms with Gasteiger partial charge in [0.1, 0.15) is 11.6 Å². The number of aromatic amines is 1. The molecule has 3 nitrogen and oxygen atoms in total. The summed E-state index contributed by atoms with van der Waals surface area (Å²) in [4.78, 5) is 0. The third-order valence-electron chi connectivity index (χ3n) is 2.14. The Bertz CT molecular complexity index is 479. The van der Waals surface area contributed by atoms with E-state index in [0.717, 1.165) is 5.69 Å². The van der Waals surface area contributed by atoms with Crippen LogP contribution in [0.5, 0.6) is 5.75 Å². The molecule has 1 aromatic heterocycles. The van der Waals surface area contributed by atoms with E-state index in [-0.39, 0.29) is 5.82 Å². The van der Waals surface area contributed by atoms with E-state index in [1.165, 1.54) is 12.1 Å². The smallest absolute Gasteiger partial charge is 0.128 e. The molecule has 0 saturated heterocycles. The number of aryl methyl sites for hydroxylation is 1. The first-order valence-electron chi connectivity index (χ1n) is 4.56. The van der Waals surface area contributed by atoms with Crippen molar-refractivity contribution in [1.82, 2.24) is 10.2 Å². The van der Waals surface area contributed by atoms with Crippen LogP contribution in [0.25, 0.3) is 11.3 Å². The number of methoxy groups -OCH3 is 1. The van der Waals surface area contributed by atoms with Crippen LogP contribution in [0.1, 0.15) is 5.69 Å². The molecule has 0 aliphatic heterocycles. The van der Waals surface area contributed by atoms with Gasteiger partial charge in [-0.05, 0) is 31.2 Å². The number of H-pyrrole nitrogens is 1. The van der Waals surface area contributed by atoms with Gasteiger partial charge in [0.05, 0.1) is 12.8 Å². The Morgan fingerprint density at radius 3 is 2.73 bits per heavy atom. The van der Waals surface area contributed by atoms with Crippen LogP contribution in [0.15, 0.2) is 24.3 Å². The van der Waals surface area contributed by atoms with E-state index >= 15 is 0 Å². The van der Waals surface area contributed by atoms with E-state index in [1.807, 2.05) is 13.0 Å². The van der Waals surface area contributed by atoms with E-state index in [0.29, 0.717) is 17.0 Å². The summed E-state index contributed by atoms with van der Waals surface area (Å²) in [6, 6.07) is 6.21. The lowest BCUT2D eigenvalue weighted by molar-refractivity contribution is 0.415. The zero-order valence-electron chi connectivity index (χ0n) is 8.54. The molecule has 0 radical (unpaired) electrons. The third-order valence-corrected chi connectivity index (χ3v) is 2.14. The van der Waals surface area contributed by atoms with Gasteiger partial charge < -0.3 is 4.74 Å². The molecular formula is C11H11FN2O. The van der Waals surface area contributed by atoms with Crippen LogP contribution in [0, 0.1) is 12.7 Å². The first-order chi connectivity index (χ1) is 7.20. The number of aromatic nitrogens is 2. The maximum atomic E-state index is 13.1. The highest BCUT2D eigenvalue weighted by atomic mass is 19.1. The molecule has 1 N–H and O–H groups in total. The highest BCUT2D eigenvalue weighted by Gasteiger charge is 2.09. The highest BCUT2D eigenvalue weighted by molar-refractivity contribution is 5.67. The van der Waals surface area contributed by atoms with Crippen LogP contribution in [0.3, 0.4) is 0 Å². The van der Waals surface area contributed by atoms with Gasteiger partial charge >= 0.3 is 0 Å². The molecule has 0 bridgehead atoms. The standard InChI is InChI=1S/C11H11FN2O/c1-7-5-10(14-13-7)9-6-8(12)3-4-11(9)15-2/h3-6H,1-2H3,(H,13,14). The molecule has 0 aliphatic carbocycles. The Kier molecular flexibility index (Phi) is 2.41. The molecule has 15 heavy (non-hydrogen) atoms. The summed E-state index contributed by atoms with van der Waals surface area (Å²) in [7, 11) is 1.55. The van der Waals surface area contributed by atoms with Crippen molar-refractivity contribution < 1.29 is 9.13 Å². The SMILES string of the molecule is COc1ccc(F)cc1-c1cc(C)[nH]n1. The zero-order valence-corrected chi connectivity index (χ0v) is 8.54. The predicted octanol–water partition coefficient (Wildman–Crippen LogP) is 2.53. The van der Waals surface area contributed by atoms with Crippen molar-refractivity contribution in [2.75, 3.05) is 7.11 Å². The summed E-state index contributed by atoms with van der Waals surface area (Å²) >= 11 is 0. The van der Waals surface area contributed by atoms with Crippen molar-refractivity contribution >= 4 is 0 Å². The zero-order chi connectivity index (χ0) is 10.8. The molecule has 0 amide bonds. The van der Waals surface area contributed by atoms with E-state index in [4.69, 9.17) is 4.74 Å². The fourth-order valence-electron chi connectivity index (χ4n) is 1.44. The minimum Gasteiger partial charge on any atom is -0.496 e. The van der Waals surface area contributed by atoms with E-state index in [1.54, 1.807) is 13.2 Å². The number of benzene rings is 1. The quantitative estimate of drug-likeness (QED) is 0.819. The molecule has 2 rings (SSSR count). The van der Waals surface area contributed by atoms with Crippen molar-refractivity contribution in [3.05, 3.63) is 35.8 Å². The van der Waals surface area contributed by atoms with E-state index in [2.05, 4.69) is 10.2 Å². The summed E-state index contributed by atoms with van der Waals surface area (Å²) in [5, 5.41) is 6.87. The second-order valence-electron chi connectivity index (χ2n) is 3.28. The van der Waals surface area contributed by atoms with Crippen molar-refractivity contribution in [3.8, 4) is 17.0 Å². The van der Waals surface area contributed by atoms with Gasteiger partial charge in [0, 0.05) is 11.3 Å². The number of hydrogen-bond acceptors (Lipinski definition) is 2. The van der Waals surface area contributed by atoms with Gasteiger partial charge in [0.2, 0.25) is 0 Å². The summed E-state index contributed by atoms with van der Waals surface area (Å²) < 4.78 is 18.2. The van der Waals surface area contributed by atoms with Gasteiger partial charge in [-0.3, -0.25) is 5.10 Å². The van der Waals surface area contributed by atoms with Gasteiger partial charge in [0.15, 0.2) is 0 Å². The lowest BCUT2D eigenvalue weighted by Crippen LogP contribution is -1.89. The molecule has 0 atom stereocenters. The second-order valence-corrected chi connectivity index (χ2v) is 3.28. The fraction of sp³-hybridized carbons (Fsp3) is 0.182. The second kappa shape index (κ2) is 3.73. The molecule has 78 valence electrons. The van der Waals surface area contributed by atoms with E-state index in [9.17, 15) is 4.39 Å². The van der Waals surface area contributed by atoms with Gasteiger partial charge in [-0.1, -0.05) is 0 Å². The predicted molar refractivity (Wildman–Crippen MR) is 55.3 cm³/mol. The number of nitrogens with zero attached hydrogens (tertiary/aromatic N) is 1. The van der Waals surface area contributed by atoms with Crippen LogP contribution in [0.2, 0.25) is 0 Å². The summed E-state index contributed by atoms with van der Waals surface area (Å²) in [5.74, 6) is 0.314. The number of ether oxygens (including phenoxy) is 1. The minimum atomic E-state index is -0.300. The maximum absolute atomic E-state index is 13.1. The Morgan fingerprint density at radius 2 is 2.13 bits per heavy atom. The molecule has 0 spiro atoms. The summed E-state index contributed by atoms with van der Waals surface area (Å²) in [6.07, 6.45) is 0. The molecule has 0 fully saturated rings. The summed E-state index contributed by atoms with van der Waals surface area (Å²) in [6.45, 7) is 1.89. The Morgan fingerprint density at radius 1 is 1.33 bits per heavy atom. The van der Waals surface area contributed by atoms with Gasteiger partial charge in [-0.2, -0.15) is 5.10 Å². The average molecular weight is 206 g/mol. The number of halogens is 1.